The second kappa shape index (κ2) is 4.71. The molecule has 2 heterocycles. The number of likely N-dealkylation sites (tertiary alicyclic amines) is 1. The molecule has 0 saturated carbocycles. The molecule has 7 heteroatoms. The zero-order chi connectivity index (χ0) is 14.4. The van der Waals surface area contributed by atoms with Crippen molar-refractivity contribution in [1.82, 2.24) is 4.90 Å². The molecule has 2 fully saturated rings. The highest BCUT2D eigenvalue weighted by Gasteiger charge is 2.49. The van der Waals surface area contributed by atoms with Crippen LogP contribution in [0.15, 0.2) is 0 Å². The number of hydrogen-bond donors (Lipinski definition) is 2. The summed E-state index contributed by atoms with van der Waals surface area (Å²) in [5, 5.41) is 19.4. The van der Waals surface area contributed by atoms with E-state index in [-0.39, 0.29) is 11.5 Å². The molecule has 2 aliphatic heterocycles. The van der Waals surface area contributed by atoms with Gasteiger partial charge in [-0.25, -0.2) is 8.42 Å². The van der Waals surface area contributed by atoms with Crippen molar-refractivity contribution in [3.05, 3.63) is 0 Å². The smallest absolute Gasteiger partial charge is 0.321 e. The van der Waals surface area contributed by atoms with E-state index in [0.717, 1.165) is 12.8 Å². The first-order valence-corrected chi connectivity index (χ1v) is 8.33. The van der Waals surface area contributed by atoms with E-state index >= 15 is 0 Å². The molecular formula is C12H21NO5S. The highest BCUT2D eigenvalue weighted by molar-refractivity contribution is 7.91. The third kappa shape index (κ3) is 2.78. The van der Waals surface area contributed by atoms with Crippen LogP contribution in [0.25, 0.3) is 0 Å². The maximum atomic E-state index is 11.6. The zero-order valence-electron chi connectivity index (χ0n) is 11.2. The Balaban J connectivity index is 2.29. The van der Waals surface area contributed by atoms with Gasteiger partial charge in [0.2, 0.25) is 0 Å². The summed E-state index contributed by atoms with van der Waals surface area (Å²) < 4.78 is 23.2. The van der Waals surface area contributed by atoms with Gasteiger partial charge in [-0.3, -0.25) is 9.69 Å². The van der Waals surface area contributed by atoms with Gasteiger partial charge in [-0.15, -0.1) is 0 Å². The van der Waals surface area contributed by atoms with E-state index in [9.17, 15) is 23.4 Å². The maximum absolute atomic E-state index is 11.6. The number of aliphatic carboxylic acids is 1. The van der Waals surface area contributed by atoms with Crippen molar-refractivity contribution in [3.63, 3.8) is 0 Å². The lowest BCUT2D eigenvalue weighted by atomic mass is 9.75. The number of sulfone groups is 1. The first kappa shape index (κ1) is 14.7. The minimum absolute atomic E-state index is 0.145. The Hall–Kier alpha value is -0.660. The van der Waals surface area contributed by atoms with Gasteiger partial charge >= 0.3 is 5.97 Å². The highest BCUT2D eigenvalue weighted by Crippen LogP contribution is 2.38. The van der Waals surface area contributed by atoms with Crippen LogP contribution < -0.4 is 0 Å². The Labute approximate surface area is 113 Å². The van der Waals surface area contributed by atoms with Crippen LogP contribution in [0, 0.1) is 5.41 Å². The van der Waals surface area contributed by atoms with Gasteiger partial charge in [-0.2, -0.15) is 0 Å². The summed E-state index contributed by atoms with van der Waals surface area (Å²) in [6.45, 7) is 4.29. The fourth-order valence-corrected chi connectivity index (χ4v) is 5.21. The monoisotopic (exact) mass is 291 g/mol. The van der Waals surface area contributed by atoms with Gasteiger partial charge in [0.1, 0.15) is 6.04 Å². The number of carboxylic acid groups (broad SMARTS) is 1. The molecule has 0 bridgehead atoms. The summed E-state index contributed by atoms with van der Waals surface area (Å²) in [5.41, 5.74) is -0.420. The molecule has 19 heavy (non-hydrogen) atoms. The second-order valence-electron chi connectivity index (χ2n) is 6.28. The Bertz CT molecular complexity index is 473. The number of carboxylic acids is 1. The molecule has 0 radical (unpaired) electrons. The first-order chi connectivity index (χ1) is 8.64. The van der Waals surface area contributed by atoms with Crippen LogP contribution in [-0.4, -0.2) is 65.7 Å². The van der Waals surface area contributed by atoms with Gasteiger partial charge in [0.15, 0.2) is 9.84 Å². The molecule has 0 aliphatic carbocycles. The number of nitrogens with zero attached hydrogens (tertiary/aromatic N) is 1. The van der Waals surface area contributed by atoms with E-state index in [0.29, 0.717) is 6.54 Å². The average Bonchev–Trinajstić information content (AvgIpc) is 2.49. The SMILES string of the molecule is CC1(C)CCCN(C2CS(=O)(=O)CC2O)C1C(=O)O. The van der Waals surface area contributed by atoms with E-state index in [1.54, 1.807) is 4.90 Å². The van der Waals surface area contributed by atoms with Gasteiger partial charge in [0.25, 0.3) is 0 Å². The number of rotatable bonds is 2. The largest absolute Gasteiger partial charge is 0.480 e. The summed E-state index contributed by atoms with van der Waals surface area (Å²) in [6, 6.07) is -1.33. The van der Waals surface area contributed by atoms with Crippen LogP contribution >= 0.6 is 0 Å². The molecule has 3 atom stereocenters. The van der Waals surface area contributed by atoms with Crippen molar-refractivity contribution >= 4 is 15.8 Å². The Kier molecular flexibility index (Phi) is 3.66. The van der Waals surface area contributed by atoms with E-state index in [1.807, 2.05) is 13.8 Å². The summed E-state index contributed by atoms with van der Waals surface area (Å²) in [5.74, 6) is -1.35. The van der Waals surface area contributed by atoms with E-state index in [2.05, 4.69) is 0 Å². The molecule has 0 aromatic heterocycles. The lowest BCUT2D eigenvalue weighted by Gasteiger charge is -2.47. The fourth-order valence-electron chi connectivity index (χ4n) is 3.39. The molecule has 2 aliphatic rings. The fraction of sp³-hybridized carbons (Fsp3) is 0.917. The van der Waals surface area contributed by atoms with Crippen molar-refractivity contribution in [2.45, 2.75) is 44.9 Å². The van der Waals surface area contributed by atoms with Gasteiger partial charge in [-0.1, -0.05) is 13.8 Å². The predicted octanol–water partition coefficient (Wildman–Crippen LogP) is -0.280. The van der Waals surface area contributed by atoms with Gasteiger partial charge in [0.05, 0.1) is 23.7 Å². The summed E-state index contributed by atoms with van der Waals surface area (Å²) in [4.78, 5) is 13.2. The Morgan fingerprint density at radius 3 is 2.42 bits per heavy atom. The van der Waals surface area contributed by atoms with Crippen LogP contribution in [0.1, 0.15) is 26.7 Å². The van der Waals surface area contributed by atoms with Crippen LogP contribution in [0.4, 0.5) is 0 Å². The van der Waals surface area contributed by atoms with Gasteiger partial charge in [0, 0.05) is 0 Å². The Morgan fingerprint density at radius 2 is 1.95 bits per heavy atom. The molecular weight excluding hydrogens is 270 g/mol. The average molecular weight is 291 g/mol. The second-order valence-corrected chi connectivity index (χ2v) is 8.44. The molecule has 2 rings (SSSR count). The van der Waals surface area contributed by atoms with Crippen LogP contribution in [0.3, 0.4) is 0 Å². The van der Waals surface area contributed by atoms with E-state index in [4.69, 9.17) is 0 Å². The quantitative estimate of drug-likeness (QED) is 0.726. The third-order valence-corrected chi connectivity index (χ3v) is 5.96. The maximum Gasteiger partial charge on any atom is 0.321 e. The summed E-state index contributed by atoms with van der Waals surface area (Å²) in [6.07, 6.45) is 0.622. The molecule has 0 aromatic carbocycles. The molecule has 0 spiro atoms. The summed E-state index contributed by atoms with van der Waals surface area (Å²) >= 11 is 0. The van der Waals surface area contributed by atoms with Crippen LogP contribution in [-0.2, 0) is 14.6 Å². The summed E-state index contributed by atoms with van der Waals surface area (Å²) in [7, 11) is -3.26. The minimum Gasteiger partial charge on any atom is -0.480 e. The molecule has 2 N–H and O–H groups in total. The van der Waals surface area contributed by atoms with Crippen molar-refractivity contribution in [2.75, 3.05) is 18.1 Å². The Morgan fingerprint density at radius 1 is 1.32 bits per heavy atom. The van der Waals surface area contributed by atoms with Crippen molar-refractivity contribution in [3.8, 4) is 0 Å². The lowest BCUT2D eigenvalue weighted by Crippen LogP contribution is -2.60. The predicted molar refractivity (Wildman–Crippen MR) is 69.6 cm³/mol. The number of aliphatic hydroxyl groups excluding tert-OH is 1. The highest BCUT2D eigenvalue weighted by atomic mass is 32.2. The van der Waals surface area contributed by atoms with Crippen LogP contribution in [0.5, 0.6) is 0 Å². The molecule has 0 amide bonds. The topological polar surface area (TPSA) is 94.9 Å². The van der Waals surface area contributed by atoms with E-state index < -0.39 is 39.4 Å². The normalized spacial score (nSPS) is 38.2. The van der Waals surface area contributed by atoms with Crippen molar-refractivity contribution in [2.24, 2.45) is 5.41 Å². The number of aliphatic hydroxyl groups is 1. The number of piperidine rings is 1. The van der Waals surface area contributed by atoms with Crippen LogP contribution in [0.2, 0.25) is 0 Å². The lowest BCUT2D eigenvalue weighted by molar-refractivity contribution is -0.153. The van der Waals surface area contributed by atoms with Gasteiger partial charge < -0.3 is 10.2 Å². The molecule has 6 nitrogen and oxygen atoms in total. The van der Waals surface area contributed by atoms with Crippen molar-refractivity contribution in [1.29, 1.82) is 0 Å². The molecule has 3 unspecified atom stereocenters. The molecule has 110 valence electrons. The minimum atomic E-state index is -3.26. The van der Waals surface area contributed by atoms with E-state index in [1.165, 1.54) is 0 Å². The first-order valence-electron chi connectivity index (χ1n) is 6.51. The molecule has 0 aromatic rings. The number of hydrogen-bond acceptors (Lipinski definition) is 5. The standard InChI is InChI=1S/C12H21NO5S/c1-12(2)4-3-5-13(10(12)11(15)16)8-6-19(17,18)7-9(8)14/h8-10,14H,3-7H2,1-2H3,(H,15,16). The van der Waals surface area contributed by atoms with Crippen molar-refractivity contribution < 1.29 is 23.4 Å². The molecule has 2 saturated heterocycles. The zero-order valence-corrected chi connectivity index (χ0v) is 12.1. The number of carbonyl (C=O) groups is 1. The van der Waals surface area contributed by atoms with Gasteiger partial charge in [-0.05, 0) is 24.8 Å². The third-order valence-electron chi connectivity index (χ3n) is 4.26.